The minimum atomic E-state index is -3.88. The number of thiophene rings is 1. The molecule has 36 heavy (non-hydrogen) atoms. The summed E-state index contributed by atoms with van der Waals surface area (Å²) in [5.74, 6) is -5.09. The third kappa shape index (κ3) is 5.56. The number of rotatable bonds is 6. The Hall–Kier alpha value is -2.93. The fourth-order valence-corrected chi connectivity index (χ4v) is 6.62. The maximum Gasteiger partial charge on any atom is 0.259 e. The first kappa shape index (κ1) is 26.1. The molecule has 0 radical (unpaired) electrons. The topological polar surface area (TPSA) is 86.8 Å². The van der Waals surface area contributed by atoms with Gasteiger partial charge in [-0.05, 0) is 36.4 Å². The zero-order valence-corrected chi connectivity index (χ0v) is 20.9. The van der Waals surface area contributed by atoms with Gasteiger partial charge in [0.1, 0.15) is 27.2 Å². The highest BCUT2D eigenvalue weighted by molar-refractivity contribution is 7.91. The Bertz CT molecular complexity index is 1380. The van der Waals surface area contributed by atoms with E-state index in [-0.39, 0.29) is 42.8 Å². The third-order valence-electron chi connectivity index (χ3n) is 5.51. The summed E-state index contributed by atoms with van der Waals surface area (Å²) in [6, 6.07) is 10.2. The molecule has 190 valence electrons. The van der Waals surface area contributed by atoms with Gasteiger partial charge in [-0.1, -0.05) is 11.6 Å². The van der Waals surface area contributed by atoms with Gasteiger partial charge in [-0.2, -0.15) is 4.31 Å². The van der Waals surface area contributed by atoms with Crippen LogP contribution in [0.15, 0.2) is 52.7 Å². The van der Waals surface area contributed by atoms with Crippen molar-refractivity contribution in [1.29, 1.82) is 0 Å². The number of halogens is 4. The number of hydrogen-bond acceptors (Lipinski definition) is 5. The lowest BCUT2D eigenvalue weighted by molar-refractivity contribution is 0.0687. The smallest absolute Gasteiger partial charge is 0.259 e. The molecule has 1 fully saturated rings. The summed E-state index contributed by atoms with van der Waals surface area (Å²) in [6.07, 6.45) is 0. The van der Waals surface area contributed by atoms with Gasteiger partial charge < -0.3 is 10.2 Å². The van der Waals surface area contributed by atoms with Crippen LogP contribution < -0.4 is 5.32 Å². The van der Waals surface area contributed by atoms with Crippen molar-refractivity contribution < 1.29 is 31.2 Å². The highest BCUT2D eigenvalue weighted by Crippen LogP contribution is 2.26. The molecule has 0 bridgehead atoms. The zero-order chi connectivity index (χ0) is 26.0. The lowest BCUT2D eigenvalue weighted by Crippen LogP contribution is -2.50. The summed E-state index contributed by atoms with van der Waals surface area (Å²) in [4.78, 5) is 26.5. The van der Waals surface area contributed by atoms with Gasteiger partial charge >= 0.3 is 0 Å². The van der Waals surface area contributed by atoms with Crippen LogP contribution in [-0.4, -0.2) is 55.6 Å². The van der Waals surface area contributed by atoms with Crippen molar-refractivity contribution in [3.8, 4) is 0 Å². The molecule has 2 amide bonds. The van der Waals surface area contributed by atoms with Crippen LogP contribution in [-0.2, 0) is 16.6 Å². The van der Waals surface area contributed by atoms with E-state index in [2.05, 4.69) is 5.32 Å². The summed E-state index contributed by atoms with van der Waals surface area (Å²) in [5, 5.41) is 3.22. The summed E-state index contributed by atoms with van der Waals surface area (Å²) in [5.41, 5.74) is -0.465. The first-order valence-electron chi connectivity index (χ1n) is 10.6. The first-order valence-corrected chi connectivity index (χ1v) is 13.3. The van der Waals surface area contributed by atoms with E-state index in [0.717, 1.165) is 16.2 Å². The molecule has 1 aliphatic heterocycles. The Kier molecular flexibility index (Phi) is 7.69. The molecular formula is C23H19ClF3N3O4S2. The zero-order valence-electron chi connectivity index (χ0n) is 18.5. The van der Waals surface area contributed by atoms with Gasteiger partial charge in [0.2, 0.25) is 0 Å². The summed E-state index contributed by atoms with van der Waals surface area (Å²) in [6.45, 7) is -0.232. The number of piperazine rings is 1. The average Bonchev–Trinajstić information content (AvgIpc) is 3.32. The van der Waals surface area contributed by atoms with E-state index in [9.17, 15) is 31.2 Å². The summed E-state index contributed by atoms with van der Waals surface area (Å²) < 4.78 is 68.4. The van der Waals surface area contributed by atoms with E-state index in [1.807, 2.05) is 0 Å². The van der Waals surface area contributed by atoms with Crippen LogP contribution in [0.4, 0.5) is 13.2 Å². The number of nitrogens with zero attached hydrogens (tertiary/aromatic N) is 2. The van der Waals surface area contributed by atoms with Crippen molar-refractivity contribution in [2.75, 3.05) is 26.2 Å². The minimum absolute atomic E-state index is 0.0636. The second kappa shape index (κ2) is 10.6. The predicted octanol–water partition coefficient (Wildman–Crippen LogP) is 3.90. The quantitative estimate of drug-likeness (QED) is 0.498. The normalized spacial score (nSPS) is 14.6. The number of carbonyl (C=O) groups excluding carboxylic acids is 2. The molecule has 2 heterocycles. The number of hydrogen-bond donors (Lipinski definition) is 1. The Labute approximate surface area is 214 Å². The van der Waals surface area contributed by atoms with E-state index in [1.54, 1.807) is 30.3 Å². The number of amides is 2. The Morgan fingerprint density at radius 3 is 2.17 bits per heavy atom. The maximum atomic E-state index is 14.0. The Balaban J connectivity index is 1.37. The number of carbonyl (C=O) groups is 2. The molecular weight excluding hydrogens is 539 g/mol. The molecule has 1 saturated heterocycles. The van der Waals surface area contributed by atoms with Crippen LogP contribution >= 0.6 is 22.9 Å². The molecule has 13 heteroatoms. The standard InChI is InChI=1S/C23H19ClF3N3O4S2/c24-15-3-1-14(2-4-15)22(31)28-13-17-5-6-20(35-17)36(33,34)30-9-7-29(8-10-30)23(32)21-18(26)11-16(25)12-19(21)27/h1-6,11-12H,7-10,13H2,(H,28,31). The van der Waals surface area contributed by atoms with Crippen LogP contribution in [0.5, 0.6) is 0 Å². The molecule has 1 N–H and O–H groups in total. The van der Waals surface area contributed by atoms with Gasteiger partial charge in [0.05, 0.1) is 6.54 Å². The molecule has 4 rings (SSSR count). The van der Waals surface area contributed by atoms with Crippen molar-refractivity contribution in [3.05, 3.63) is 87.0 Å². The van der Waals surface area contributed by atoms with Crippen LogP contribution in [0.3, 0.4) is 0 Å². The SMILES string of the molecule is O=C(NCc1ccc(S(=O)(=O)N2CCN(C(=O)c3c(F)cc(F)cc3F)CC2)s1)c1ccc(Cl)cc1. The summed E-state index contributed by atoms with van der Waals surface area (Å²) >= 11 is 6.82. The van der Waals surface area contributed by atoms with Crippen LogP contribution in [0.2, 0.25) is 5.02 Å². The van der Waals surface area contributed by atoms with Crippen molar-refractivity contribution in [3.63, 3.8) is 0 Å². The van der Waals surface area contributed by atoms with Gasteiger partial charge in [-0.25, -0.2) is 21.6 Å². The monoisotopic (exact) mass is 557 g/mol. The molecule has 1 aromatic heterocycles. The van der Waals surface area contributed by atoms with Gasteiger partial charge in [0, 0.05) is 53.8 Å². The molecule has 3 aromatic rings. The maximum absolute atomic E-state index is 14.0. The van der Waals surface area contributed by atoms with Crippen molar-refractivity contribution in [2.24, 2.45) is 0 Å². The second-order valence-electron chi connectivity index (χ2n) is 7.85. The van der Waals surface area contributed by atoms with Crippen LogP contribution in [0, 0.1) is 17.5 Å². The van der Waals surface area contributed by atoms with E-state index < -0.39 is 38.9 Å². The molecule has 0 saturated carbocycles. The van der Waals surface area contributed by atoms with Crippen molar-refractivity contribution in [2.45, 2.75) is 10.8 Å². The second-order valence-corrected chi connectivity index (χ2v) is 11.6. The molecule has 0 atom stereocenters. The lowest BCUT2D eigenvalue weighted by Gasteiger charge is -2.33. The van der Waals surface area contributed by atoms with E-state index >= 15 is 0 Å². The molecule has 7 nitrogen and oxygen atoms in total. The Morgan fingerprint density at radius 1 is 0.944 bits per heavy atom. The van der Waals surface area contributed by atoms with Gasteiger partial charge in [0.25, 0.3) is 21.8 Å². The Morgan fingerprint density at radius 2 is 1.56 bits per heavy atom. The highest BCUT2D eigenvalue weighted by Gasteiger charge is 2.33. The number of nitrogens with one attached hydrogen (secondary N) is 1. The minimum Gasteiger partial charge on any atom is -0.347 e. The summed E-state index contributed by atoms with van der Waals surface area (Å²) in [7, 11) is -3.88. The molecule has 0 aliphatic carbocycles. The van der Waals surface area contributed by atoms with E-state index in [0.29, 0.717) is 27.6 Å². The average molecular weight is 558 g/mol. The highest BCUT2D eigenvalue weighted by atomic mass is 35.5. The van der Waals surface area contributed by atoms with Crippen molar-refractivity contribution in [1.82, 2.24) is 14.5 Å². The van der Waals surface area contributed by atoms with E-state index in [4.69, 9.17) is 11.6 Å². The first-order chi connectivity index (χ1) is 17.1. The fourth-order valence-electron chi connectivity index (χ4n) is 3.63. The molecule has 2 aromatic carbocycles. The largest absolute Gasteiger partial charge is 0.347 e. The number of sulfonamides is 1. The van der Waals surface area contributed by atoms with Gasteiger partial charge in [0.15, 0.2) is 0 Å². The van der Waals surface area contributed by atoms with Gasteiger partial charge in [-0.15, -0.1) is 11.3 Å². The van der Waals surface area contributed by atoms with Crippen LogP contribution in [0.1, 0.15) is 25.6 Å². The van der Waals surface area contributed by atoms with Gasteiger partial charge in [-0.3, -0.25) is 9.59 Å². The molecule has 1 aliphatic rings. The van der Waals surface area contributed by atoms with E-state index in [1.165, 1.54) is 10.4 Å². The fraction of sp³-hybridized carbons (Fsp3) is 0.217. The van der Waals surface area contributed by atoms with Crippen LogP contribution in [0.25, 0.3) is 0 Å². The molecule has 0 unspecified atom stereocenters. The number of benzene rings is 2. The van der Waals surface area contributed by atoms with Crippen molar-refractivity contribution >= 4 is 44.8 Å². The molecule has 0 spiro atoms. The predicted molar refractivity (Wildman–Crippen MR) is 128 cm³/mol. The lowest BCUT2D eigenvalue weighted by atomic mass is 10.1. The third-order valence-corrected chi connectivity index (χ3v) is 9.21.